The molecule has 0 radical (unpaired) electrons. The van der Waals surface area contributed by atoms with Crippen LogP contribution in [0.3, 0.4) is 0 Å². The summed E-state index contributed by atoms with van der Waals surface area (Å²) in [5, 5.41) is 9.15. The van der Waals surface area contributed by atoms with Crippen molar-refractivity contribution in [2.75, 3.05) is 11.9 Å². The summed E-state index contributed by atoms with van der Waals surface area (Å²) in [5.74, 6) is 0. The van der Waals surface area contributed by atoms with Gasteiger partial charge in [0.25, 0.3) is 0 Å². The number of rotatable bonds is 4. The van der Waals surface area contributed by atoms with E-state index in [1.165, 1.54) is 22.5 Å². The highest BCUT2D eigenvalue weighted by molar-refractivity contribution is 5.66. The molecule has 0 heterocycles. The van der Waals surface area contributed by atoms with Crippen molar-refractivity contribution in [2.24, 2.45) is 0 Å². The molecule has 0 fully saturated rings. The fourth-order valence-corrected chi connectivity index (χ4v) is 2.29. The molecule has 0 aliphatic carbocycles. The zero-order chi connectivity index (χ0) is 13.8. The highest BCUT2D eigenvalue weighted by Gasteiger charge is 2.07. The minimum atomic E-state index is 0.0933. The zero-order valence-corrected chi connectivity index (χ0v) is 11.9. The van der Waals surface area contributed by atoms with E-state index in [0.717, 1.165) is 12.0 Å². The van der Waals surface area contributed by atoms with Crippen LogP contribution in [0.25, 0.3) is 0 Å². The monoisotopic (exact) mass is 255 g/mol. The molecule has 0 atom stereocenters. The topological polar surface area (TPSA) is 23.5 Å². The Morgan fingerprint density at radius 1 is 1.00 bits per heavy atom. The SMILES string of the molecule is CCc1ccc(N(C)c2ccc(CO)cc2C)cc1. The molecule has 2 aromatic carbocycles. The first-order valence-electron chi connectivity index (χ1n) is 6.68. The molecule has 0 unspecified atom stereocenters. The second-order valence-electron chi connectivity index (χ2n) is 4.86. The van der Waals surface area contributed by atoms with Gasteiger partial charge in [0.15, 0.2) is 0 Å². The molecular weight excluding hydrogens is 234 g/mol. The van der Waals surface area contributed by atoms with Crippen LogP contribution in [0.2, 0.25) is 0 Å². The minimum Gasteiger partial charge on any atom is -0.392 e. The average Bonchev–Trinajstić information content (AvgIpc) is 2.46. The molecule has 0 spiro atoms. The van der Waals surface area contributed by atoms with Crippen LogP contribution >= 0.6 is 0 Å². The summed E-state index contributed by atoms with van der Waals surface area (Å²) >= 11 is 0. The maximum absolute atomic E-state index is 9.15. The quantitative estimate of drug-likeness (QED) is 0.897. The third-order valence-electron chi connectivity index (χ3n) is 3.54. The summed E-state index contributed by atoms with van der Waals surface area (Å²) < 4.78 is 0. The maximum atomic E-state index is 9.15. The van der Waals surface area contributed by atoms with Crippen molar-refractivity contribution in [1.29, 1.82) is 0 Å². The van der Waals surface area contributed by atoms with E-state index in [0.29, 0.717) is 0 Å². The Morgan fingerprint density at radius 3 is 2.16 bits per heavy atom. The van der Waals surface area contributed by atoms with Crippen LogP contribution in [0.4, 0.5) is 11.4 Å². The Morgan fingerprint density at radius 2 is 1.63 bits per heavy atom. The zero-order valence-electron chi connectivity index (χ0n) is 11.9. The van der Waals surface area contributed by atoms with E-state index in [2.05, 4.69) is 56.1 Å². The summed E-state index contributed by atoms with van der Waals surface area (Å²) in [7, 11) is 2.07. The van der Waals surface area contributed by atoms with E-state index < -0.39 is 0 Å². The van der Waals surface area contributed by atoms with Gasteiger partial charge in [-0.1, -0.05) is 31.2 Å². The van der Waals surface area contributed by atoms with Gasteiger partial charge in [-0.15, -0.1) is 0 Å². The van der Waals surface area contributed by atoms with Gasteiger partial charge >= 0.3 is 0 Å². The summed E-state index contributed by atoms with van der Waals surface area (Å²) in [6.45, 7) is 4.33. The van der Waals surface area contributed by atoms with Gasteiger partial charge < -0.3 is 10.0 Å². The third-order valence-corrected chi connectivity index (χ3v) is 3.54. The largest absolute Gasteiger partial charge is 0.392 e. The summed E-state index contributed by atoms with van der Waals surface area (Å²) in [6, 6.07) is 14.7. The van der Waals surface area contributed by atoms with Crippen LogP contribution in [-0.4, -0.2) is 12.2 Å². The third kappa shape index (κ3) is 2.96. The van der Waals surface area contributed by atoms with Crippen LogP contribution in [-0.2, 0) is 13.0 Å². The molecule has 2 nitrogen and oxygen atoms in total. The Balaban J connectivity index is 2.29. The molecule has 0 saturated carbocycles. The number of hydrogen-bond donors (Lipinski definition) is 1. The molecule has 0 saturated heterocycles. The second kappa shape index (κ2) is 5.89. The van der Waals surface area contributed by atoms with Gasteiger partial charge in [-0.2, -0.15) is 0 Å². The molecule has 0 aliphatic rings. The molecular formula is C17H21NO. The standard InChI is InChI=1S/C17H21NO/c1-4-14-5-8-16(9-6-14)18(3)17-10-7-15(12-19)11-13(17)2/h5-11,19H,4,12H2,1-3H3. The number of aliphatic hydroxyl groups excluding tert-OH is 1. The van der Waals surface area contributed by atoms with E-state index in [1.54, 1.807) is 0 Å². The van der Waals surface area contributed by atoms with Crippen molar-refractivity contribution >= 4 is 11.4 Å². The van der Waals surface area contributed by atoms with Gasteiger partial charge in [0, 0.05) is 18.4 Å². The van der Waals surface area contributed by atoms with E-state index in [4.69, 9.17) is 5.11 Å². The van der Waals surface area contributed by atoms with Crippen LogP contribution in [0.5, 0.6) is 0 Å². The van der Waals surface area contributed by atoms with Crippen molar-refractivity contribution in [1.82, 2.24) is 0 Å². The molecule has 2 heteroatoms. The Hall–Kier alpha value is -1.80. The summed E-state index contributed by atoms with van der Waals surface area (Å²) in [4.78, 5) is 2.18. The molecule has 0 aliphatic heterocycles. The van der Waals surface area contributed by atoms with Crippen LogP contribution in [0, 0.1) is 6.92 Å². The Labute approximate surface area is 115 Å². The summed E-state index contributed by atoms with van der Waals surface area (Å²) in [6.07, 6.45) is 1.06. The molecule has 0 bridgehead atoms. The van der Waals surface area contributed by atoms with Crippen molar-refractivity contribution < 1.29 is 5.11 Å². The lowest BCUT2D eigenvalue weighted by Gasteiger charge is -2.22. The first-order chi connectivity index (χ1) is 9.15. The van der Waals surface area contributed by atoms with Gasteiger partial charge in [-0.05, 0) is 48.2 Å². The first-order valence-corrected chi connectivity index (χ1v) is 6.68. The van der Waals surface area contributed by atoms with Crippen molar-refractivity contribution in [3.63, 3.8) is 0 Å². The second-order valence-corrected chi connectivity index (χ2v) is 4.86. The van der Waals surface area contributed by atoms with Crippen LogP contribution in [0.15, 0.2) is 42.5 Å². The fraction of sp³-hybridized carbons (Fsp3) is 0.294. The molecule has 19 heavy (non-hydrogen) atoms. The molecule has 1 N–H and O–H groups in total. The van der Waals surface area contributed by atoms with Crippen molar-refractivity contribution in [3.8, 4) is 0 Å². The number of nitrogens with zero attached hydrogens (tertiary/aromatic N) is 1. The molecule has 0 amide bonds. The first kappa shape index (κ1) is 13.6. The van der Waals surface area contributed by atoms with Gasteiger partial charge in [0.1, 0.15) is 0 Å². The number of aryl methyl sites for hydroxylation is 2. The number of aliphatic hydroxyl groups is 1. The molecule has 0 aromatic heterocycles. The van der Waals surface area contributed by atoms with Crippen LogP contribution < -0.4 is 4.90 Å². The lowest BCUT2D eigenvalue weighted by Crippen LogP contribution is -2.11. The van der Waals surface area contributed by atoms with Gasteiger partial charge in [0.2, 0.25) is 0 Å². The van der Waals surface area contributed by atoms with E-state index in [9.17, 15) is 0 Å². The van der Waals surface area contributed by atoms with Gasteiger partial charge in [0.05, 0.1) is 6.61 Å². The molecule has 2 rings (SSSR count). The Kier molecular flexibility index (Phi) is 4.23. The number of hydrogen-bond acceptors (Lipinski definition) is 2. The predicted molar refractivity (Wildman–Crippen MR) is 81.0 cm³/mol. The number of anilines is 2. The van der Waals surface area contributed by atoms with E-state index >= 15 is 0 Å². The lowest BCUT2D eigenvalue weighted by molar-refractivity contribution is 0.282. The Bertz CT molecular complexity index is 546. The van der Waals surface area contributed by atoms with Crippen LogP contribution in [0.1, 0.15) is 23.6 Å². The highest BCUT2D eigenvalue weighted by Crippen LogP contribution is 2.27. The van der Waals surface area contributed by atoms with E-state index in [1.807, 2.05) is 12.1 Å². The summed E-state index contributed by atoms with van der Waals surface area (Å²) in [5.41, 5.74) is 5.83. The molecule has 2 aromatic rings. The van der Waals surface area contributed by atoms with Gasteiger partial charge in [-0.3, -0.25) is 0 Å². The van der Waals surface area contributed by atoms with Crippen molar-refractivity contribution in [2.45, 2.75) is 26.9 Å². The highest BCUT2D eigenvalue weighted by atomic mass is 16.3. The fourth-order valence-electron chi connectivity index (χ4n) is 2.29. The van der Waals surface area contributed by atoms with Crippen molar-refractivity contribution in [3.05, 3.63) is 59.2 Å². The predicted octanol–water partition coefficient (Wildman–Crippen LogP) is 3.82. The number of benzene rings is 2. The maximum Gasteiger partial charge on any atom is 0.0681 e. The smallest absolute Gasteiger partial charge is 0.0681 e. The van der Waals surface area contributed by atoms with E-state index in [-0.39, 0.29) is 6.61 Å². The van der Waals surface area contributed by atoms with Gasteiger partial charge in [-0.25, -0.2) is 0 Å². The normalized spacial score (nSPS) is 10.5. The molecule has 100 valence electrons. The lowest BCUT2D eigenvalue weighted by atomic mass is 10.1. The minimum absolute atomic E-state index is 0.0933. The average molecular weight is 255 g/mol.